The minimum Gasteiger partial charge on any atom is -0.373 e. The first-order valence-corrected chi connectivity index (χ1v) is 11.1. The lowest BCUT2D eigenvalue weighted by molar-refractivity contribution is 0.505. The van der Waals surface area contributed by atoms with E-state index >= 15 is 0 Å². The summed E-state index contributed by atoms with van der Waals surface area (Å²) in [7, 11) is 1.75. The molecule has 1 aromatic carbocycles. The number of rotatable bonds is 5. The molecule has 0 unspecified atom stereocenters. The molecule has 1 N–H and O–H groups in total. The number of aromatic nitrogens is 5. The average molecular weight is 480 g/mol. The molecule has 10 heteroatoms. The number of halogens is 3. The van der Waals surface area contributed by atoms with E-state index in [-0.39, 0.29) is 17.9 Å². The highest BCUT2D eigenvalue weighted by Crippen LogP contribution is 2.46. The van der Waals surface area contributed by atoms with Crippen molar-refractivity contribution in [1.29, 1.82) is 0 Å². The fourth-order valence-corrected chi connectivity index (χ4v) is 4.50. The normalized spacial score (nSPS) is 14.3. The van der Waals surface area contributed by atoms with Crippen LogP contribution in [0.3, 0.4) is 0 Å². The number of nitrogens with one attached hydrogen (secondary N) is 1. The molecule has 7 nitrogen and oxygen atoms in total. The van der Waals surface area contributed by atoms with Gasteiger partial charge in [0.05, 0.1) is 11.4 Å². The van der Waals surface area contributed by atoms with Crippen molar-refractivity contribution in [2.75, 3.05) is 23.8 Å². The summed E-state index contributed by atoms with van der Waals surface area (Å²) in [5, 5.41) is 3.11. The van der Waals surface area contributed by atoms with E-state index in [0.717, 1.165) is 17.3 Å². The maximum atomic E-state index is 14.8. The predicted molar refractivity (Wildman–Crippen MR) is 127 cm³/mol. The Labute approximate surface area is 200 Å². The SMILES string of the molecule is CNc1nc(Cc2cnc(-n3cnc(C)c3)c(F)c2)nc2c1C(C)(C)CN2c1cccc(F)c1F. The van der Waals surface area contributed by atoms with E-state index < -0.39 is 22.9 Å². The Morgan fingerprint density at radius 3 is 2.54 bits per heavy atom. The molecule has 0 aliphatic carbocycles. The van der Waals surface area contributed by atoms with Crippen LogP contribution in [0, 0.1) is 24.4 Å². The summed E-state index contributed by atoms with van der Waals surface area (Å²) in [6, 6.07) is 5.47. The lowest BCUT2D eigenvalue weighted by atomic mass is 9.88. The first-order valence-electron chi connectivity index (χ1n) is 11.1. The Morgan fingerprint density at radius 2 is 1.86 bits per heavy atom. The molecule has 4 heterocycles. The summed E-state index contributed by atoms with van der Waals surface area (Å²) < 4.78 is 45.1. The number of hydrogen-bond donors (Lipinski definition) is 1. The zero-order valence-corrected chi connectivity index (χ0v) is 19.8. The van der Waals surface area contributed by atoms with Crippen molar-refractivity contribution in [3.63, 3.8) is 0 Å². The van der Waals surface area contributed by atoms with E-state index in [4.69, 9.17) is 4.98 Å². The highest BCUT2D eigenvalue weighted by Gasteiger charge is 2.41. The zero-order chi connectivity index (χ0) is 24.9. The van der Waals surface area contributed by atoms with Gasteiger partial charge in [0, 0.05) is 43.4 Å². The Hall–Kier alpha value is -3.95. The van der Waals surface area contributed by atoms with Crippen molar-refractivity contribution >= 4 is 17.3 Å². The molecule has 35 heavy (non-hydrogen) atoms. The molecule has 5 rings (SSSR count). The molecular weight excluding hydrogens is 455 g/mol. The van der Waals surface area contributed by atoms with Gasteiger partial charge in [-0.2, -0.15) is 0 Å². The largest absolute Gasteiger partial charge is 0.373 e. The molecule has 0 amide bonds. The van der Waals surface area contributed by atoms with E-state index in [1.54, 1.807) is 24.3 Å². The van der Waals surface area contributed by atoms with Crippen LogP contribution < -0.4 is 10.2 Å². The summed E-state index contributed by atoms with van der Waals surface area (Å²) in [5.74, 6) is -0.722. The minimum absolute atomic E-state index is 0.108. The van der Waals surface area contributed by atoms with E-state index in [9.17, 15) is 13.2 Å². The van der Waals surface area contributed by atoms with Crippen molar-refractivity contribution < 1.29 is 13.2 Å². The molecule has 0 spiro atoms. The van der Waals surface area contributed by atoms with Crippen LogP contribution >= 0.6 is 0 Å². The Kier molecular flexibility index (Phi) is 5.46. The third-order valence-electron chi connectivity index (χ3n) is 6.08. The lowest BCUT2D eigenvalue weighted by Gasteiger charge is -2.22. The first kappa shape index (κ1) is 22.8. The predicted octanol–water partition coefficient (Wildman–Crippen LogP) is 4.84. The molecule has 1 aliphatic rings. The van der Waals surface area contributed by atoms with Crippen LogP contribution in [0.5, 0.6) is 0 Å². The van der Waals surface area contributed by atoms with Crippen LogP contribution in [0.25, 0.3) is 5.82 Å². The van der Waals surface area contributed by atoms with Gasteiger partial charge in [0.2, 0.25) is 0 Å². The van der Waals surface area contributed by atoms with Crippen molar-refractivity contribution in [3.8, 4) is 5.82 Å². The second kappa shape index (κ2) is 8.37. The summed E-state index contributed by atoms with van der Waals surface area (Å²) in [5.41, 5.74) is 1.82. The molecule has 0 radical (unpaired) electrons. The molecule has 0 fully saturated rings. The standard InChI is InChI=1S/C25H24F3N7/c1-14-11-34(13-31-14)23-17(27)8-15(10-30-23)9-19-32-22(29-4)20-24(33-19)35(12-25(20,2)3)18-7-5-6-16(26)21(18)28/h5-8,10-11,13H,9,12H2,1-4H3,(H,29,32,33). The highest BCUT2D eigenvalue weighted by atomic mass is 19.2. The minimum atomic E-state index is -0.932. The Bertz CT molecular complexity index is 1430. The third-order valence-corrected chi connectivity index (χ3v) is 6.08. The van der Waals surface area contributed by atoms with Crippen LogP contribution in [-0.4, -0.2) is 38.1 Å². The van der Waals surface area contributed by atoms with Crippen LogP contribution in [-0.2, 0) is 11.8 Å². The number of imidazole rings is 1. The van der Waals surface area contributed by atoms with Gasteiger partial charge < -0.3 is 10.2 Å². The monoisotopic (exact) mass is 479 g/mol. The van der Waals surface area contributed by atoms with E-state index in [1.165, 1.54) is 29.1 Å². The number of hydrogen-bond acceptors (Lipinski definition) is 6. The second-order valence-electron chi connectivity index (χ2n) is 9.23. The fourth-order valence-electron chi connectivity index (χ4n) is 4.50. The van der Waals surface area contributed by atoms with Gasteiger partial charge >= 0.3 is 0 Å². The van der Waals surface area contributed by atoms with Crippen molar-refractivity contribution in [3.05, 3.63) is 83.1 Å². The summed E-state index contributed by atoms with van der Waals surface area (Å²) in [6.07, 6.45) is 4.97. The molecule has 180 valence electrons. The van der Waals surface area contributed by atoms with Gasteiger partial charge in [0.1, 0.15) is 23.8 Å². The molecular formula is C25H24F3N7. The number of fused-ring (bicyclic) bond motifs is 1. The smallest absolute Gasteiger partial charge is 0.182 e. The second-order valence-corrected chi connectivity index (χ2v) is 9.23. The van der Waals surface area contributed by atoms with Gasteiger partial charge in [-0.3, -0.25) is 4.57 Å². The van der Waals surface area contributed by atoms with Gasteiger partial charge in [-0.25, -0.2) is 33.1 Å². The quantitative estimate of drug-likeness (QED) is 0.442. The van der Waals surface area contributed by atoms with Crippen molar-refractivity contribution in [1.82, 2.24) is 24.5 Å². The van der Waals surface area contributed by atoms with Gasteiger partial charge in [0.25, 0.3) is 0 Å². The molecule has 4 aromatic rings. The number of aryl methyl sites for hydroxylation is 1. The van der Waals surface area contributed by atoms with Crippen LogP contribution in [0.1, 0.15) is 36.5 Å². The molecule has 1 aliphatic heterocycles. The molecule has 0 atom stereocenters. The highest BCUT2D eigenvalue weighted by molar-refractivity contribution is 5.74. The maximum Gasteiger partial charge on any atom is 0.182 e. The third kappa shape index (κ3) is 3.98. The van der Waals surface area contributed by atoms with Gasteiger partial charge in [0.15, 0.2) is 23.3 Å². The molecule has 0 saturated heterocycles. The van der Waals surface area contributed by atoms with E-state index in [0.29, 0.717) is 29.6 Å². The van der Waals surface area contributed by atoms with Gasteiger partial charge in [-0.05, 0) is 30.7 Å². The topological polar surface area (TPSA) is 71.8 Å². The maximum absolute atomic E-state index is 14.8. The summed E-state index contributed by atoms with van der Waals surface area (Å²) in [6.45, 7) is 6.21. The van der Waals surface area contributed by atoms with Gasteiger partial charge in [-0.15, -0.1) is 0 Å². The summed E-state index contributed by atoms with van der Waals surface area (Å²) >= 11 is 0. The lowest BCUT2D eigenvalue weighted by Crippen LogP contribution is -2.26. The van der Waals surface area contributed by atoms with Crippen LogP contribution in [0.15, 0.2) is 43.0 Å². The van der Waals surface area contributed by atoms with Crippen LogP contribution in [0.4, 0.5) is 30.5 Å². The molecule has 3 aromatic heterocycles. The Balaban J connectivity index is 1.55. The summed E-state index contributed by atoms with van der Waals surface area (Å²) in [4.78, 5) is 19.4. The number of nitrogens with zero attached hydrogens (tertiary/aromatic N) is 6. The number of pyridine rings is 1. The van der Waals surface area contributed by atoms with Crippen LogP contribution in [0.2, 0.25) is 0 Å². The Morgan fingerprint density at radius 1 is 1.06 bits per heavy atom. The van der Waals surface area contributed by atoms with Crippen molar-refractivity contribution in [2.24, 2.45) is 0 Å². The molecule has 0 bridgehead atoms. The average Bonchev–Trinajstić information content (AvgIpc) is 3.35. The molecule has 0 saturated carbocycles. The first-order chi connectivity index (χ1) is 16.7. The van der Waals surface area contributed by atoms with Crippen molar-refractivity contribution in [2.45, 2.75) is 32.6 Å². The van der Waals surface area contributed by atoms with E-state index in [1.807, 2.05) is 20.8 Å². The number of anilines is 3. The van der Waals surface area contributed by atoms with E-state index in [2.05, 4.69) is 20.3 Å². The van der Waals surface area contributed by atoms with Gasteiger partial charge in [-0.1, -0.05) is 19.9 Å². The zero-order valence-electron chi connectivity index (χ0n) is 19.8. The fraction of sp³-hybridized carbons (Fsp3) is 0.280. The number of benzene rings is 1.